The number of halogens is 1. The molecule has 1 aromatic rings. The molecule has 8 heteroatoms. The molecule has 0 aliphatic carbocycles. The fourth-order valence-corrected chi connectivity index (χ4v) is 2.58. The SMILES string of the molecule is CCCCCC(=O)NNC(=S)NC(=O)c1ccc(OCC(C)C)c(Br)c1. The zero-order valence-electron chi connectivity index (χ0n) is 15.4. The van der Waals surface area contributed by atoms with E-state index in [1.165, 1.54) is 0 Å². The van der Waals surface area contributed by atoms with Crippen LogP contribution in [0, 0.1) is 5.92 Å². The molecular weight excluding hydrogens is 418 g/mol. The average molecular weight is 444 g/mol. The van der Waals surface area contributed by atoms with E-state index in [2.05, 4.69) is 52.9 Å². The molecule has 0 unspecified atom stereocenters. The van der Waals surface area contributed by atoms with Crippen molar-refractivity contribution in [1.29, 1.82) is 0 Å². The monoisotopic (exact) mass is 443 g/mol. The third-order valence-corrected chi connectivity index (χ3v) is 4.14. The number of rotatable bonds is 8. The second-order valence-electron chi connectivity index (χ2n) is 6.26. The van der Waals surface area contributed by atoms with E-state index in [0.29, 0.717) is 34.7 Å². The van der Waals surface area contributed by atoms with Crippen molar-refractivity contribution in [3.63, 3.8) is 0 Å². The molecule has 0 fully saturated rings. The maximum atomic E-state index is 12.2. The Kier molecular flexibility index (Phi) is 10.2. The first-order chi connectivity index (χ1) is 12.3. The van der Waals surface area contributed by atoms with E-state index in [1.54, 1.807) is 18.2 Å². The molecule has 0 saturated carbocycles. The van der Waals surface area contributed by atoms with Gasteiger partial charge in [0.2, 0.25) is 5.91 Å². The van der Waals surface area contributed by atoms with Crippen LogP contribution in [0.2, 0.25) is 0 Å². The van der Waals surface area contributed by atoms with Gasteiger partial charge in [0.05, 0.1) is 11.1 Å². The quantitative estimate of drug-likeness (QED) is 0.324. The number of amides is 2. The number of hydrogen-bond donors (Lipinski definition) is 3. The van der Waals surface area contributed by atoms with Crippen LogP contribution in [-0.2, 0) is 4.79 Å². The lowest BCUT2D eigenvalue weighted by Crippen LogP contribution is -2.48. The Hall–Kier alpha value is -1.67. The van der Waals surface area contributed by atoms with E-state index < -0.39 is 0 Å². The molecule has 26 heavy (non-hydrogen) atoms. The molecule has 0 spiro atoms. The average Bonchev–Trinajstić information content (AvgIpc) is 2.59. The minimum Gasteiger partial charge on any atom is -0.492 e. The third kappa shape index (κ3) is 8.62. The molecule has 1 rings (SSSR count). The molecule has 0 heterocycles. The number of thiocarbonyl (C=S) groups is 1. The Balaban J connectivity index is 2.47. The van der Waals surface area contributed by atoms with Crippen molar-refractivity contribution in [2.24, 2.45) is 5.92 Å². The van der Waals surface area contributed by atoms with E-state index in [9.17, 15) is 9.59 Å². The Morgan fingerprint density at radius 3 is 2.58 bits per heavy atom. The molecule has 0 radical (unpaired) electrons. The van der Waals surface area contributed by atoms with Gasteiger partial charge < -0.3 is 4.74 Å². The molecule has 0 atom stereocenters. The predicted molar refractivity (Wildman–Crippen MR) is 110 cm³/mol. The normalized spacial score (nSPS) is 10.3. The molecule has 2 amide bonds. The van der Waals surface area contributed by atoms with Crippen LogP contribution in [0.25, 0.3) is 0 Å². The van der Waals surface area contributed by atoms with Gasteiger partial charge in [0.25, 0.3) is 5.91 Å². The van der Waals surface area contributed by atoms with E-state index in [4.69, 9.17) is 17.0 Å². The number of benzene rings is 1. The molecule has 0 aromatic heterocycles. The van der Waals surface area contributed by atoms with Crippen molar-refractivity contribution in [3.05, 3.63) is 28.2 Å². The summed E-state index contributed by atoms with van der Waals surface area (Å²) in [6.07, 6.45) is 3.29. The summed E-state index contributed by atoms with van der Waals surface area (Å²) in [6.45, 7) is 6.79. The highest BCUT2D eigenvalue weighted by atomic mass is 79.9. The van der Waals surface area contributed by atoms with Gasteiger partial charge in [0.15, 0.2) is 5.11 Å². The molecule has 6 nitrogen and oxygen atoms in total. The summed E-state index contributed by atoms with van der Waals surface area (Å²) >= 11 is 8.42. The summed E-state index contributed by atoms with van der Waals surface area (Å²) in [5.41, 5.74) is 5.43. The van der Waals surface area contributed by atoms with E-state index >= 15 is 0 Å². The van der Waals surface area contributed by atoms with Crippen LogP contribution in [0.3, 0.4) is 0 Å². The first kappa shape index (κ1) is 22.4. The standard InChI is InChI=1S/C18H26BrN3O3S/c1-4-5-6-7-16(23)21-22-18(26)20-17(24)13-8-9-15(14(19)10-13)25-11-12(2)3/h8-10,12H,4-7,11H2,1-3H3,(H,21,23)(H2,20,22,24,26). The fraction of sp³-hybridized carbons (Fsp3) is 0.500. The molecule has 0 aliphatic heterocycles. The minimum absolute atomic E-state index is 0.0371. The van der Waals surface area contributed by atoms with Crippen LogP contribution in [0.5, 0.6) is 5.75 Å². The molecule has 144 valence electrons. The second-order valence-corrected chi connectivity index (χ2v) is 7.53. The minimum atomic E-state index is -0.376. The Labute approximate surface area is 168 Å². The van der Waals surface area contributed by atoms with Crippen LogP contribution < -0.4 is 20.9 Å². The van der Waals surface area contributed by atoms with Gasteiger partial charge in [-0.05, 0) is 58.7 Å². The molecule has 3 N–H and O–H groups in total. The lowest BCUT2D eigenvalue weighted by atomic mass is 10.2. The second kappa shape index (κ2) is 11.9. The third-order valence-electron chi connectivity index (χ3n) is 3.32. The number of hydrogen-bond acceptors (Lipinski definition) is 4. The first-order valence-corrected chi connectivity index (χ1v) is 9.86. The maximum Gasteiger partial charge on any atom is 0.257 e. The summed E-state index contributed by atoms with van der Waals surface area (Å²) in [7, 11) is 0. The number of ether oxygens (including phenoxy) is 1. The number of unbranched alkanes of at least 4 members (excludes halogenated alkanes) is 2. The topological polar surface area (TPSA) is 79.5 Å². The van der Waals surface area contributed by atoms with Gasteiger partial charge in [-0.2, -0.15) is 0 Å². The smallest absolute Gasteiger partial charge is 0.257 e. The summed E-state index contributed by atoms with van der Waals surface area (Å²) < 4.78 is 6.34. The van der Waals surface area contributed by atoms with Gasteiger partial charge >= 0.3 is 0 Å². The summed E-state index contributed by atoms with van der Waals surface area (Å²) in [5.74, 6) is 0.545. The number of carbonyl (C=O) groups is 2. The van der Waals surface area contributed by atoms with E-state index in [0.717, 1.165) is 19.3 Å². The Bertz CT molecular complexity index is 638. The van der Waals surface area contributed by atoms with Gasteiger partial charge in [-0.1, -0.05) is 33.6 Å². The Morgan fingerprint density at radius 1 is 1.23 bits per heavy atom. The van der Waals surface area contributed by atoms with Crippen molar-refractivity contribution < 1.29 is 14.3 Å². The van der Waals surface area contributed by atoms with Crippen LogP contribution in [0.1, 0.15) is 56.8 Å². The number of carbonyl (C=O) groups excluding carboxylic acids is 2. The van der Waals surface area contributed by atoms with Crippen molar-refractivity contribution in [2.45, 2.75) is 46.5 Å². The molecule has 0 aliphatic rings. The predicted octanol–water partition coefficient (Wildman–Crippen LogP) is 3.70. The van der Waals surface area contributed by atoms with Crippen molar-refractivity contribution in [1.82, 2.24) is 16.2 Å². The van der Waals surface area contributed by atoms with Crippen molar-refractivity contribution in [2.75, 3.05) is 6.61 Å². The van der Waals surface area contributed by atoms with Crippen LogP contribution >= 0.6 is 28.1 Å². The highest BCUT2D eigenvalue weighted by molar-refractivity contribution is 9.10. The van der Waals surface area contributed by atoms with Crippen LogP contribution in [-0.4, -0.2) is 23.5 Å². The Morgan fingerprint density at radius 2 is 1.96 bits per heavy atom. The molecule has 0 bridgehead atoms. The molecule has 0 saturated heterocycles. The van der Waals surface area contributed by atoms with Crippen molar-refractivity contribution in [3.8, 4) is 5.75 Å². The lowest BCUT2D eigenvalue weighted by molar-refractivity contribution is -0.121. The largest absolute Gasteiger partial charge is 0.492 e. The summed E-state index contributed by atoms with van der Waals surface area (Å²) in [6, 6.07) is 5.05. The molecule has 1 aromatic carbocycles. The summed E-state index contributed by atoms with van der Waals surface area (Å²) in [5, 5.41) is 2.56. The highest BCUT2D eigenvalue weighted by Crippen LogP contribution is 2.26. The van der Waals surface area contributed by atoms with E-state index in [1.807, 2.05) is 0 Å². The highest BCUT2D eigenvalue weighted by Gasteiger charge is 2.11. The van der Waals surface area contributed by atoms with Gasteiger partial charge in [0, 0.05) is 12.0 Å². The van der Waals surface area contributed by atoms with E-state index in [-0.39, 0.29) is 16.9 Å². The molecular formula is C18H26BrN3O3S. The van der Waals surface area contributed by atoms with Crippen LogP contribution in [0.15, 0.2) is 22.7 Å². The summed E-state index contributed by atoms with van der Waals surface area (Å²) in [4.78, 5) is 23.8. The van der Waals surface area contributed by atoms with Gasteiger partial charge in [0.1, 0.15) is 5.75 Å². The lowest BCUT2D eigenvalue weighted by Gasteiger charge is -2.13. The van der Waals surface area contributed by atoms with Gasteiger partial charge in [-0.15, -0.1) is 0 Å². The zero-order valence-corrected chi connectivity index (χ0v) is 17.8. The zero-order chi connectivity index (χ0) is 19.5. The maximum absolute atomic E-state index is 12.2. The van der Waals surface area contributed by atoms with Gasteiger partial charge in [-0.25, -0.2) is 0 Å². The van der Waals surface area contributed by atoms with Crippen LogP contribution in [0.4, 0.5) is 0 Å². The fourth-order valence-electron chi connectivity index (χ4n) is 1.95. The first-order valence-electron chi connectivity index (χ1n) is 8.66. The van der Waals surface area contributed by atoms with Gasteiger partial charge in [-0.3, -0.25) is 25.8 Å². The number of nitrogens with one attached hydrogen (secondary N) is 3. The number of hydrazine groups is 1. The van der Waals surface area contributed by atoms with Crippen molar-refractivity contribution >= 4 is 45.1 Å².